The van der Waals surface area contributed by atoms with E-state index in [9.17, 15) is 18.0 Å². The average molecular weight is 487 g/mol. The summed E-state index contributed by atoms with van der Waals surface area (Å²) in [5.74, 6) is -0.454. The minimum absolute atomic E-state index is 0.0215. The van der Waals surface area contributed by atoms with Crippen molar-refractivity contribution in [1.82, 2.24) is 13.9 Å². The molecule has 3 aromatic rings. The zero-order chi connectivity index (χ0) is 23.6. The standard InChI is InChI=1S/C23H26N4O4S2/c1-3-27(4-2)33(30,31)19-10-11-22(29)26(13-19)14-21(28)25-23-24-20(15-32-23)18-9-8-16-6-5-7-17(16)12-18/h8-13,15H,3-7,14H2,1-2H3,(H,24,25,28). The minimum atomic E-state index is -3.74. The molecule has 0 radical (unpaired) electrons. The van der Waals surface area contributed by atoms with E-state index in [1.165, 1.54) is 51.5 Å². The number of thiazole rings is 1. The molecule has 1 N–H and O–H groups in total. The first-order valence-corrected chi connectivity index (χ1v) is 13.2. The van der Waals surface area contributed by atoms with Crippen molar-refractivity contribution in [3.63, 3.8) is 0 Å². The largest absolute Gasteiger partial charge is 0.305 e. The number of sulfonamides is 1. The first-order valence-electron chi connectivity index (χ1n) is 10.9. The topological polar surface area (TPSA) is 101 Å². The lowest BCUT2D eigenvalue weighted by atomic mass is 10.1. The molecule has 10 heteroatoms. The van der Waals surface area contributed by atoms with E-state index in [0.29, 0.717) is 18.2 Å². The highest BCUT2D eigenvalue weighted by molar-refractivity contribution is 7.89. The summed E-state index contributed by atoms with van der Waals surface area (Å²) in [6.45, 7) is 3.81. The van der Waals surface area contributed by atoms with Crippen molar-refractivity contribution in [3.05, 3.63) is 63.4 Å². The number of carbonyl (C=O) groups is 1. The predicted octanol–water partition coefficient (Wildman–Crippen LogP) is 3.13. The summed E-state index contributed by atoms with van der Waals surface area (Å²) in [7, 11) is -3.74. The van der Waals surface area contributed by atoms with Crippen molar-refractivity contribution < 1.29 is 13.2 Å². The van der Waals surface area contributed by atoms with E-state index in [0.717, 1.165) is 28.7 Å². The van der Waals surface area contributed by atoms with Crippen LogP contribution in [0, 0.1) is 0 Å². The highest BCUT2D eigenvalue weighted by Gasteiger charge is 2.23. The number of nitrogens with zero attached hydrogens (tertiary/aromatic N) is 3. The van der Waals surface area contributed by atoms with E-state index in [1.807, 2.05) is 11.4 Å². The zero-order valence-corrected chi connectivity index (χ0v) is 20.2. The molecule has 0 bridgehead atoms. The Labute approximate surface area is 197 Å². The second kappa shape index (κ2) is 9.58. The highest BCUT2D eigenvalue weighted by atomic mass is 32.2. The Balaban J connectivity index is 1.48. The van der Waals surface area contributed by atoms with Crippen LogP contribution in [0.5, 0.6) is 0 Å². The van der Waals surface area contributed by atoms with Gasteiger partial charge in [0.05, 0.1) is 10.6 Å². The Morgan fingerprint density at radius 3 is 2.67 bits per heavy atom. The summed E-state index contributed by atoms with van der Waals surface area (Å²) in [4.78, 5) is 29.3. The van der Waals surface area contributed by atoms with E-state index in [1.54, 1.807) is 13.8 Å². The van der Waals surface area contributed by atoms with E-state index < -0.39 is 21.5 Å². The first-order chi connectivity index (χ1) is 15.8. The number of carbonyl (C=O) groups excluding carboxylic acids is 1. The van der Waals surface area contributed by atoms with Crippen LogP contribution in [0.15, 0.2) is 51.6 Å². The third-order valence-corrected chi connectivity index (χ3v) is 8.55. The Morgan fingerprint density at radius 1 is 1.15 bits per heavy atom. The molecule has 0 spiro atoms. The van der Waals surface area contributed by atoms with Gasteiger partial charge in [-0.15, -0.1) is 11.3 Å². The lowest BCUT2D eigenvalue weighted by Crippen LogP contribution is -2.33. The van der Waals surface area contributed by atoms with Gasteiger partial charge in [-0.3, -0.25) is 9.59 Å². The molecule has 0 fully saturated rings. The van der Waals surface area contributed by atoms with Gasteiger partial charge in [0.1, 0.15) is 6.54 Å². The quantitative estimate of drug-likeness (QED) is 0.527. The van der Waals surface area contributed by atoms with Gasteiger partial charge in [-0.25, -0.2) is 13.4 Å². The second-order valence-electron chi connectivity index (χ2n) is 7.84. The molecular weight excluding hydrogens is 460 g/mol. The fourth-order valence-corrected chi connectivity index (χ4v) is 6.22. The van der Waals surface area contributed by atoms with E-state index in [2.05, 4.69) is 22.4 Å². The van der Waals surface area contributed by atoms with Crippen molar-refractivity contribution in [3.8, 4) is 11.3 Å². The van der Waals surface area contributed by atoms with Crippen LogP contribution in [0.4, 0.5) is 5.13 Å². The normalized spacial score (nSPS) is 13.3. The smallest absolute Gasteiger partial charge is 0.251 e. The van der Waals surface area contributed by atoms with Gasteiger partial charge in [0.2, 0.25) is 15.9 Å². The van der Waals surface area contributed by atoms with Crippen molar-refractivity contribution in [1.29, 1.82) is 0 Å². The van der Waals surface area contributed by atoms with Crippen LogP contribution in [0.25, 0.3) is 11.3 Å². The number of aromatic nitrogens is 2. The molecule has 0 atom stereocenters. The molecule has 33 heavy (non-hydrogen) atoms. The van der Waals surface area contributed by atoms with Crippen molar-refractivity contribution in [2.45, 2.75) is 44.6 Å². The lowest BCUT2D eigenvalue weighted by Gasteiger charge is -2.18. The second-order valence-corrected chi connectivity index (χ2v) is 10.6. The molecule has 2 aromatic heterocycles. The molecular formula is C23H26N4O4S2. The number of benzene rings is 1. The maximum absolute atomic E-state index is 12.7. The summed E-state index contributed by atoms with van der Waals surface area (Å²) in [6.07, 6.45) is 4.58. The van der Waals surface area contributed by atoms with Crippen LogP contribution >= 0.6 is 11.3 Å². The van der Waals surface area contributed by atoms with Crippen LogP contribution in [0.2, 0.25) is 0 Å². The van der Waals surface area contributed by atoms with E-state index in [-0.39, 0.29) is 11.4 Å². The molecule has 174 valence electrons. The van der Waals surface area contributed by atoms with Crippen LogP contribution in [0.1, 0.15) is 31.4 Å². The van der Waals surface area contributed by atoms with E-state index in [4.69, 9.17) is 0 Å². The van der Waals surface area contributed by atoms with Gasteiger partial charge in [0, 0.05) is 36.3 Å². The number of rotatable bonds is 8. The number of nitrogens with one attached hydrogen (secondary N) is 1. The van der Waals surface area contributed by atoms with Gasteiger partial charge < -0.3 is 9.88 Å². The van der Waals surface area contributed by atoms with Gasteiger partial charge in [-0.2, -0.15) is 4.31 Å². The molecule has 0 aliphatic heterocycles. The van der Waals surface area contributed by atoms with Gasteiger partial charge in [-0.1, -0.05) is 26.0 Å². The van der Waals surface area contributed by atoms with Gasteiger partial charge in [0.15, 0.2) is 5.13 Å². The summed E-state index contributed by atoms with van der Waals surface area (Å²) in [5.41, 5.74) is 4.08. The fraction of sp³-hybridized carbons (Fsp3) is 0.348. The summed E-state index contributed by atoms with van der Waals surface area (Å²) in [6, 6.07) is 8.78. The van der Waals surface area contributed by atoms with Crippen molar-refractivity contribution in [2.24, 2.45) is 0 Å². The number of anilines is 1. The van der Waals surface area contributed by atoms with Crippen molar-refractivity contribution in [2.75, 3.05) is 18.4 Å². The molecule has 1 aliphatic carbocycles. The van der Waals surface area contributed by atoms with Crippen LogP contribution < -0.4 is 10.9 Å². The number of hydrogen-bond acceptors (Lipinski definition) is 6. The molecule has 8 nitrogen and oxygen atoms in total. The number of pyridine rings is 1. The predicted molar refractivity (Wildman–Crippen MR) is 129 cm³/mol. The Bertz CT molecular complexity index is 1340. The SMILES string of the molecule is CCN(CC)S(=O)(=O)c1ccc(=O)n(CC(=O)Nc2nc(-c3ccc4c(c3)CCC4)cs2)c1. The number of aryl methyl sites for hydroxylation is 2. The van der Waals surface area contributed by atoms with Gasteiger partial charge in [-0.05, 0) is 42.5 Å². The maximum atomic E-state index is 12.7. The number of amides is 1. The molecule has 1 aromatic carbocycles. The van der Waals surface area contributed by atoms with E-state index >= 15 is 0 Å². The van der Waals surface area contributed by atoms with Crippen LogP contribution in [-0.2, 0) is 34.2 Å². The first kappa shape index (κ1) is 23.3. The average Bonchev–Trinajstić information content (AvgIpc) is 3.44. The van der Waals surface area contributed by atoms with Gasteiger partial charge in [0.25, 0.3) is 5.56 Å². The van der Waals surface area contributed by atoms with Crippen LogP contribution in [0.3, 0.4) is 0 Å². The third kappa shape index (κ3) is 4.92. The zero-order valence-electron chi connectivity index (χ0n) is 18.6. The summed E-state index contributed by atoms with van der Waals surface area (Å²) >= 11 is 1.31. The third-order valence-electron chi connectivity index (χ3n) is 5.76. The Morgan fingerprint density at radius 2 is 1.91 bits per heavy atom. The summed E-state index contributed by atoms with van der Waals surface area (Å²) < 4.78 is 27.9. The fourth-order valence-electron chi connectivity index (χ4n) is 4.01. The molecule has 0 unspecified atom stereocenters. The highest BCUT2D eigenvalue weighted by Crippen LogP contribution is 2.30. The minimum Gasteiger partial charge on any atom is -0.305 e. The number of fused-ring (bicyclic) bond motifs is 1. The maximum Gasteiger partial charge on any atom is 0.251 e. The van der Waals surface area contributed by atoms with Crippen molar-refractivity contribution >= 4 is 32.4 Å². The molecule has 1 amide bonds. The monoisotopic (exact) mass is 486 g/mol. The van der Waals surface area contributed by atoms with Crippen LogP contribution in [-0.4, -0.2) is 41.3 Å². The lowest BCUT2D eigenvalue weighted by molar-refractivity contribution is -0.116. The number of hydrogen-bond donors (Lipinski definition) is 1. The molecule has 0 saturated carbocycles. The Hall–Kier alpha value is -2.82. The molecule has 0 saturated heterocycles. The Kier molecular flexibility index (Phi) is 6.78. The van der Waals surface area contributed by atoms with Gasteiger partial charge >= 0.3 is 0 Å². The molecule has 2 heterocycles. The molecule has 1 aliphatic rings. The molecule has 4 rings (SSSR count). The summed E-state index contributed by atoms with van der Waals surface area (Å²) in [5, 5.41) is 5.02.